The van der Waals surface area contributed by atoms with Crippen molar-refractivity contribution in [1.29, 1.82) is 0 Å². The molecule has 2 aromatic heterocycles. The molecule has 140 valence electrons. The second-order valence-electron chi connectivity index (χ2n) is 5.94. The number of imide groups is 1. The van der Waals surface area contributed by atoms with Crippen LogP contribution in [0.4, 0.5) is 0 Å². The van der Waals surface area contributed by atoms with E-state index in [4.69, 9.17) is 13.6 Å². The van der Waals surface area contributed by atoms with Gasteiger partial charge in [-0.15, -0.1) is 0 Å². The van der Waals surface area contributed by atoms with Crippen LogP contribution in [0.5, 0.6) is 5.75 Å². The highest BCUT2D eigenvalue weighted by molar-refractivity contribution is 6.04. The van der Waals surface area contributed by atoms with E-state index in [0.29, 0.717) is 23.3 Å². The Bertz CT molecular complexity index is 1030. The van der Waals surface area contributed by atoms with Gasteiger partial charge >= 0.3 is 5.63 Å². The average Bonchev–Trinajstić information content (AvgIpc) is 3.08. The molecule has 27 heavy (non-hydrogen) atoms. The van der Waals surface area contributed by atoms with Gasteiger partial charge in [0.2, 0.25) is 5.91 Å². The van der Waals surface area contributed by atoms with Gasteiger partial charge in [-0.3, -0.25) is 14.5 Å². The molecule has 0 aliphatic heterocycles. The number of fused-ring (bicyclic) bond motifs is 1. The van der Waals surface area contributed by atoms with Crippen LogP contribution in [-0.4, -0.2) is 30.4 Å². The molecule has 1 aromatic carbocycles. The van der Waals surface area contributed by atoms with Crippen LogP contribution in [0.1, 0.15) is 29.5 Å². The molecule has 0 bridgehead atoms. The molecule has 0 radical (unpaired) electrons. The van der Waals surface area contributed by atoms with Gasteiger partial charge in [0.15, 0.2) is 17.1 Å². The molecule has 2 amide bonds. The molecule has 3 rings (SSSR count). The van der Waals surface area contributed by atoms with E-state index in [9.17, 15) is 14.4 Å². The highest BCUT2D eigenvalue weighted by atomic mass is 16.5. The van der Waals surface area contributed by atoms with Gasteiger partial charge in [0.05, 0.1) is 19.8 Å². The van der Waals surface area contributed by atoms with Gasteiger partial charge < -0.3 is 13.6 Å². The molecule has 3 aromatic rings. The summed E-state index contributed by atoms with van der Waals surface area (Å²) in [6, 6.07) is 9.39. The van der Waals surface area contributed by atoms with Crippen LogP contribution in [0.3, 0.4) is 0 Å². The third-order valence-corrected chi connectivity index (χ3v) is 4.10. The van der Waals surface area contributed by atoms with Crippen LogP contribution in [-0.2, 0) is 11.2 Å². The zero-order valence-electron chi connectivity index (χ0n) is 15.1. The smallest absolute Gasteiger partial charge is 0.336 e. The largest absolute Gasteiger partial charge is 0.493 e. The Labute approximate surface area is 155 Å². The molecule has 0 aliphatic rings. The van der Waals surface area contributed by atoms with Crippen molar-refractivity contribution in [1.82, 2.24) is 4.90 Å². The minimum Gasteiger partial charge on any atom is -0.493 e. The summed E-state index contributed by atoms with van der Waals surface area (Å²) in [6.07, 6.45) is 2.04. The van der Waals surface area contributed by atoms with Crippen molar-refractivity contribution in [3.63, 3.8) is 0 Å². The Kier molecular flexibility index (Phi) is 5.40. The fourth-order valence-electron chi connectivity index (χ4n) is 2.84. The van der Waals surface area contributed by atoms with E-state index in [1.165, 1.54) is 31.6 Å². The van der Waals surface area contributed by atoms with E-state index in [1.54, 1.807) is 12.1 Å². The molecule has 2 heterocycles. The third kappa shape index (κ3) is 3.76. The average molecular weight is 369 g/mol. The lowest BCUT2D eigenvalue weighted by Gasteiger charge is -2.19. The van der Waals surface area contributed by atoms with Gasteiger partial charge in [-0.1, -0.05) is 25.1 Å². The first-order valence-electron chi connectivity index (χ1n) is 8.53. The summed E-state index contributed by atoms with van der Waals surface area (Å²) in [6.45, 7) is 2.07. The highest BCUT2D eigenvalue weighted by Gasteiger charge is 2.25. The summed E-state index contributed by atoms with van der Waals surface area (Å²) in [5.41, 5.74) is 0.556. The van der Waals surface area contributed by atoms with Crippen molar-refractivity contribution in [3.8, 4) is 5.75 Å². The number of benzene rings is 1. The molecule has 0 spiro atoms. The fourth-order valence-corrected chi connectivity index (χ4v) is 2.84. The highest BCUT2D eigenvalue weighted by Crippen LogP contribution is 2.30. The fraction of sp³-hybridized carbons (Fsp3) is 0.250. The number of hydrogen-bond donors (Lipinski definition) is 0. The maximum absolute atomic E-state index is 12.8. The zero-order chi connectivity index (χ0) is 19.4. The number of furan rings is 1. The molecule has 0 saturated carbocycles. The van der Waals surface area contributed by atoms with Crippen LogP contribution < -0.4 is 10.4 Å². The lowest BCUT2D eigenvalue weighted by atomic mass is 10.1. The SMILES string of the molecule is CCCN(C(=O)Cc1coc2c(OC)cccc12)C(=O)c1cccc(=O)o1. The quantitative estimate of drug-likeness (QED) is 0.663. The van der Waals surface area contributed by atoms with Gasteiger partial charge in [0, 0.05) is 23.6 Å². The van der Waals surface area contributed by atoms with Crippen LogP contribution in [0.2, 0.25) is 0 Å². The van der Waals surface area contributed by atoms with Crippen LogP contribution in [0.15, 0.2) is 56.3 Å². The second-order valence-corrected chi connectivity index (χ2v) is 5.94. The summed E-state index contributed by atoms with van der Waals surface area (Å²) < 4.78 is 15.7. The van der Waals surface area contributed by atoms with Gasteiger partial charge in [0.1, 0.15) is 0 Å². The van der Waals surface area contributed by atoms with E-state index in [1.807, 2.05) is 13.0 Å². The summed E-state index contributed by atoms with van der Waals surface area (Å²) in [7, 11) is 1.54. The molecule has 7 nitrogen and oxygen atoms in total. The summed E-state index contributed by atoms with van der Waals surface area (Å²) in [5, 5.41) is 0.748. The molecular weight excluding hydrogens is 350 g/mol. The summed E-state index contributed by atoms with van der Waals surface area (Å²) >= 11 is 0. The van der Waals surface area contributed by atoms with Crippen LogP contribution >= 0.6 is 0 Å². The predicted molar refractivity (Wildman–Crippen MR) is 97.8 cm³/mol. The first kappa shape index (κ1) is 18.4. The van der Waals surface area contributed by atoms with E-state index in [-0.39, 0.29) is 18.7 Å². The number of hydrogen-bond acceptors (Lipinski definition) is 6. The molecule has 0 saturated heterocycles. The first-order chi connectivity index (χ1) is 13.0. The Balaban J connectivity index is 1.88. The number of carbonyl (C=O) groups is 2. The van der Waals surface area contributed by atoms with Crippen molar-refractivity contribution in [3.05, 3.63) is 64.4 Å². The lowest BCUT2D eigenvalue weighted by molar-refractivity contribution is -0.128. The monoisotopic (exact) mass is 369 g/mol. The maximum atomic E-state index is 12.8. The Morgan fingerprint density at radius 1 is 1.15 bits per heavy atom. The van der Waals surface area contributed by atoms with Gasteiger partial charge in [-0.05, 0) is 18.6 Å². The minimum atomic E-state index is -0.641. The lowest BCUT2D eigenvalue weighted by Crippen LogP contribution is -2.38. The normalized spacial score (nSPS) is 10.7. The molecular formula is C20H19NO6. The number of methoxy groups -OCH3 is 1. The van der Waals surface area contributed by atoms with Crippen molar-refractivity contribution in [2.75, 3.05) is 13.7 Å². The summed E-state index contributed by atoms with van der Waals surface area (Å²) in [4.78, 5) is 37.9. The van der Waals surface area contributed by atoms with Crippen molar-refractivity contribution >= 4 is 22.8 Å². The van der Waals surface area contributed by atoms with Gasteiger partial charge in [0.25, 0.3) is 5.91 Å². The van der Waals surface area contributed by atoms with Crippen molar-refractivity contribution in [2.45, 2.75) is 19.8 Å². The van der Waals surface area contributed by atoms with Crippen LogP contribution in [0.25, 0.3) is 11.0 Å². The Hall–Kier alpha value is -3.35. The number of amides is 2. The molecule has 0 fully saturated rings. The predicted octanol–water partition coefficient (Wildman–Crippen LogP) is 3.02. The standard InChI is InChI=1S/C20H19NO6/c1-3-10-21(20(24)16-8-5-9-18(23)27-16)17(22)11-13-12-26-19-14(13)6-4-7-15(19)25-2/h4-9,12H,3,10-11H2,1-2H3. The molecule has 7 heteroatoms. The number of para-hydroxylation sites is 1. The third-order valence-electron chi connectivity index (χ3n) is 4.10. The van der Waals surface area contributed by atoms with Gasteiger partial charge in [-0.25, -0.2) is 4.79 Å². The molecule has 0 N–H and O–H groups in total. The second kappa shape index (κ2) is 7.90. The maximum Gasteiger partial charge on any atom is 0.336 e. The molecule has 0 atom stereocenters. The summed E-state index contributed by atoms with van der Waals surface area (Å²) in [5.74, 6) is -0.634. The van der Waals surface area contributed by atoms with E-state index < -0.39 is 17.4 Å². The first-order valence-corrected chi connectivity index (χ1v) is 8.53. The number of rotatable bonds is 6. The molecule has 0 unspecified atom stereocenters. The van der Waals surface area contributed by atoms with E-state index in [0.717, 1.165) is 10.3 Å². The van der Waals surface area contributed by atoms with Gasteiger partial charge in [-0.2, -0.15) is 0 Å². The topological polar surface area (TPSA) is 90.0 Å². The minimum absolute atomic E-state index is 0.0248. The van der Waals surface area contributed by atoms with Crippen molar-refractivity contribution in [2.24, 2.45) is 0 Å². The number of ether oxygens (including phenoxy) is 1. The van der Waals surface area contributed by atoms with Crippen LogP contribution in [0, 0.1) is 0 Å². The van der Waals surface area contributed by atoms with E-state index in [2.05, 4.69) is 0 Å². The van der Waals surface area contributed by atoms with E-state index >= 15 is 0 Å². The number of carbonyl (C=O) groups excluding carboxylic acids is 2. The molecule has 0 aliphatic carbocycles. The zero-order valence-corrected chi connectivity index (χ0v) is 15.1. The van der Waals surface area contributed by atoms with Crippen molar-refractivity contribution < 1.29 is 23.2 Å². The Morgan fingerprint density at radius 2 is 1.93 bits per heavy atom. The Morgan fingerprint density at radius 3 is 2.63 bits per heavy atom. The number of nitrogens with zero attached hydrogens (tertiary/aromatic N) is 1.